The van der Waals surface area contributed by atoms with Crippen molar-refractivity contribution in [2.75, 3.05) is 0 Å². The van der Waals surface area contributed by atoms with Gasteiger partial charge >= 0.3 is 25.4 Å². The Balaban J connectivity index is 3.99. The summed E-state index contributed by atoms with van der Waals surface area (Å²) in [5, 5.41) is 0. The largest absolute Gasteiger partial charge is 0.392 e. The van der Waals surface area contributed by atoms with Gasteiger partial charge in [-0.1, -0.05) is 0 Å². The Hall–Kier alpha value is 0.0800. The molecule has 4 N–H and O–H groups in total. The number of carbonyl (C=O) groups is 2. The molecule has 0 radical (unpaired) electrons. The Bertz CT molecular complexity index is 332. The van der Waals surface area contributed by atoms with Gasteiger partial charge in [-0.25, -0.2) is 0 Å². The van der Waals surface area contributed by atoms with E-state index in [0.29, 0.717) is 0 Å². The topological polar surface area (TPSA) is 134 Å². The molecule has 0 atom stereocenters. The van der Waals surface area contributed by atoms with Crippen molar-refractivity contribution < 1.29 is 38.2 Å². The van der Waals surface area contributed by atoms with Crippen LogP contribution in [0.2, 0.25) is 0 Å². The lowest BCUT2D eigenvalue weighted by Crippen LogP contribution is -2.08. The van der Waals surface area contributed by atoms with E-state index in [9.17, 15) is 9.59 Å². The van der Waals surface area contributed by atoms with E-state index in [2.05, 4.69) is 32.7 Å². The van der Waals surface area contributed by atoms with Crippen molar-refractivity contribution >= 4 is 49.0 Å². The van der Waals surface area contributed by atoms with E-state index in [1.807, 2.05) is 0 Å². The van der Waals surface area contributed by atoms with Gasteiger partial charge in [0.1, 0.15) is 0 Å². The molecule has 0 spiro atoms. The van der Waals surface area contributed by atoms with E-state index in [-0.39, 0.29) is 0 Å². The van der Waals surface area contributed by atoms with Crippen LogP contribution in [0.4, 0.5) is 0 Å². The molecule has 0 aliphatic carbocycles. The first-order valence-electron chi connectivity index (χ1n) is 3.55. The zero-order chi connectivity index (χ0) is 13.0. The molecule has 0 aliphatic heterocycles. The fourth-order valence-electron chi connectivity index (χ4n) is 0.561. The monoisotopic (exact) mass is 310 g/mol. The second-order valence-corrected chi connectivity index (χ2v) is 7.59. The van der Waals surface area contributed by atoms with Gasteiger partial charge in [0.15, 0.2) is 0 Å². The number of hydrogen-bond donors (Lipinski definition) is 4. The maximum atomic E-state index is 10.8. The zero-order valence-corrected chi connectivity index (χ0v) is 11.0. The Morgan fingerprint density at radius 3 is 1.31 bits per heavy atom. The molecule has 0 amide bonds. The SMILES string of the molecule is O=C(CCC(=O)OP(O)(O)=S)OP(O)(O)=S. The Morgan fingerprint density at radius 2 is 1.12 bits per heavy atom. The standard InChI is InChI=1S/C4H8O8P2S2/c5-3(11-13(7,8)15)1-2-4(6)12-14(9,10)16/h1-2H2,(H2,7,8,15)(H2,9,10,16). The van der Waals surface area contributed by atoms with Crippen molar-refractivity contribution in [2.24, 2.45) is 0 Å². The summed E-state index contributed by atoms with van der Waals surface area (Å²) in [7, 11) is 0. The van der Waals surface area contributed by atoms with E-state index >= 15 is 0 Å². The Kier molecular flexibility index (Phi) is 6.16. The van der Waals surface area contributed by atoms with Crippen LogP contribution >= 0.6 is 13.4 Å². The first-order valence-corrected chi connectivity index (χ1v) is 8.81. The molecule has 0 aromatic rings. The third-order valence-electron chi connectivity index (χ3n) is 0.975. The lowest BCUT2D eigenvalue weighted by atomic mass is 10.3. The minimum Gasteiger partial charge on any atom is -0.392 e. The van der Waals surface area contributed by atoms with Gasteiger partial charge in [-0.05, 0) is 0 Å². The molecule has 0 aromatic heterocycles. The average molecular weight is 310 g/mol. The Labute approximate surface area is 100 Å². The first-order chi connectivity index (χ1) is 6.99. The van der Waals surface area contributed by atoms with E-state index in [1.165, 1.54) is 0 Å². The van der Waals surface area contributed by atoms with Crippen molar-refractivity contribution in [3.05, 3.63) is 0 Å². The van der Waals surface area contributed by atoms with Crippen LogP contribution in [0.25, 0.3) is 0 Å². The van der Waals surface area contributed by atoms with Crippen LogP contribution in [-0.4, -0.2) is 31.5 Å². The maximum Gasteiger partial charge on any atom is 0.377 e. The first kappa shape index (κ1) is 16.1. The fraction of sp³-hybridized carbons (Fsp3) is 0.500. The van der Waals surface area contributed by atoms with Crippen LogP contribution in [0.5, 0.6) is 0 Å². The summed E-state index contributed by atoms with van der Waals surface area (Å²) in [5.74, 6) is -2.23. The molecule has 0 heterocycles. The van der Waals surface area contributed by atoms with Crippen LogP contribution < -0.4 is 0 Å². The second kappa shape index (κ2) is 6.13. The van der Waals surface area contributed by atoms with Gasteiger partial charge in [-0.3, -0.25) is 9.59 Å². The number of rotatable bonds is 5. The second-order valence-electron chi connectivity index (χ2n) is 2.41. The molecular weight excluding hydrogens is 302 g/mol. The highest BCUT2D eigenvalue weighted by Crippen LogP contribution is 2.38. The Morgan fingerprint density at radius 1 is 0.875 bits per heavy atom. The van der Waals surface area contributed by atoms with Crippen molar-refractivity contribution in [3.8, 4) is 0 Å². The smallest absolute Gasteiger partial charge is 0.377 e. The van der Waals surface area contributed by atoms with Gasteiger partial charge < -0.3 is 28.6 Å². The van der Waals surface area contributed by atoms with Gasteiger partial charge in [-0.15, -0.1) is 0 Å². The van der Waals surface area contributed by atoms with Gasteiger partial charge in [0.25, 0.3) is 0 Å². The van der Waals surface area contributed by atoms with Crippen LogP contribution in [-0.2, 0) is 42.3 Å². The quantitative estimate of drug-likeness (QED) is 0.481. The van der Waals surface area contributed by atoms with Gasteiger partial charge in [0, 0.05) is 23.6 Å². The molecule has 94 valence electrons. The maximum absolute atomic E-state index is 10.8. The lowest BCUT2D eigenvalue weighted by molar-refractivity contribution is -0.141. The molecule has 0 aromatic carbocycles. The fourth-order valence-corrected chi connectivity index (χ4v) is 1.77. The van der Waals surface area contributed by atoms with Crippen molar-refractivity contribution in [3.63, 3.8) is 0 Å². The van der Waals surface area contributed by atoms with Gasteiger partial charge in [0.2, 0.25) is 0 Å². The molecule has 0 rings (SSSR count). The zero-order valence-electron chi connectivity index (χ0n) is 7.55. The molecule has 16 heavy (non-hydrogen) atoms. The van der Waals surface area contributed by atoms with Crippen molar-refractivity contribution in [1.29, 1.82) is 0 Å². The van der Waals surface area contributed by atoms with Gasteiger partial charge in [-0.2, -0.15) is 0 Å². The molecular formula is C4H8O8P2S2. The average Bonchev–Trinajstić information content (AvgIpc) is 1.94. The number of hydrogen-bond acceptors (Lipinski definition) is 6. The van der Waals surface area contributed by atoms with Crippen molar-refractivity contribution in [2.45, 2.75) is 12.8 Å². The summed E-state index contributed by atoms with van der Waals surface area (Å²) in [6.45, 7) is -8.21. The highest BCUT2D eigenvalue weighted by Gasteiger charge is 2.19. The summed E-state index contributed by atoms with van der Waals surface area (Å²) in [4.78, 5) is 55.9. The third kappa shape index (κ3) is 10.6. The molecule has 0 saturated heterocycles. The molecule has 8 nitrogen and oxygen atoms in total. The van der Waals surface area contributed by atoms with Crippen LogP contribution in [0, 0.1) is 0 Å². The van der Waals surface area contributed by atoms with E-state index in [1.54, 1.807) is 0 Å². The summed E-state index contributed by atoms with van der Waals surface area (Å²) >= 11 is 8.00. The van der Waals surface area contributed by atoms with E-state index in [0.717, 1.165) is 0 Å². The summed E-state index contributed by atoms with van der Waals surface area (Å²) in [6.07, 6.45) is -1.10. The lowest BCUT2D eigenvalue weighted by Gasteiger charge is -2.09. The van der Waals surface area contributed by atoms with Crippen LogP contribution in [0.1, 0.15) is 12.8 Å². The van der Waals surface area contributed by atoms with Crippen molar-refractivity contribution in [1.82, 2.24) is 0 Å². The normalized spacial score (nSPS) is 12.0. The molecule has 0 fully saturated rings. The van der Waals surface area contributed by atoms with Crippen LogP contribution in [0.3, 0.4) is 0 Å². The van der Waals surface area contributed by atoms with Crippen LogP contribution in [0.15, 0.2) is 0 Å². The molecule has 0 bridgehead atoms. The molecule has 0 aliphatic rings. The van der Waals surface area contributed by atoms with E-state index in [4.69, 9.17) is 19.6 Å². The molecule has 0 unspecified atom stereocenters. The van der Waals surface area contributed by atoms with Gasteiger partial charge in [0.05, 0.1) is 12.8 Å². The van der Waals surface area contributed by atoms with E-state index < -0.39 is 38.2 Å². The molecule has 12 heteroatoms. The number of carbonyl (C=O) groups excluding carboxylic acids is 2. The molecule has 0 saturated carbocycles. The third-order valence-corrected chi connectivity index (χ3v) is 2.30. The minimum atomic E-state index is -4.10. The summed E-state index contributed by atoms with van der Waals surface area (Å²) in [5.41, 5.74) is 0. The predicted molar refractivity (Wildman–Crippen MR) is 58.9 cm³/mol. The minimum absolute atomic E-state index is 0.548. The summed E-state index contributed by atoms with van der Waals surface area (Å²) < 4.78 is 7.93. The highest BCUT2D eigenvalue weighted by atomic mass is 32.5. The predicted octanol–water partition coefficient (Wildman–Crippen LogP) is -0.729. The highest BCUT2D eigenvalue weighted by molar-refractivity contribution is 8.07. The summed E-state index contributed by atoms with van der Waals surface area (Å²) in [6, 6.07) is 0.